The van der Waals surface area contributed by atoms with E-state index >= 15 is 0 Å². The Labute approximate surface area is 302 Å². The van der Waals surface area contributed by atoms with Crippen molar-refractivity contribution in [3.8, 4) is 0 Å². The molecule has 0 radical (unpaired) electrons. The van der Waals surface area contributed by atoms with Crippen molar-refractivity contribution in [2.45, 2.75) is 0 Å². The molecule has 6 aromatic rings. The van der Waals surface area contributed by atoms with Gasteiger partial charge in [-0.25, -0.2) is 18.7 Å². The van der Waals surface area contributed by atoms with Crippen molar-refractivity contribution in [3.05, 3.63) is 208 Å². The Balaban J connectivity index is 1.40. The first-order valence-electron chi connectivity index (χ1n) is 17.4. The number of nitrogens with zero attached hydrogens (tertiary/aromatic N) is 5. The average molecular weight is 680 g/mol. The summed E-state index contributed by atoms with van der Waals surface area (Å²) in [4.78, 5) is 19.0. The summed E-state index contributed by atoms with van der Waals surface area (Å²) in [6, 6.07) is 26.1. The average Bonchev–Trinajstić information content (AvgIpc) is 3.99. The van der Waals surface area contributed by atoms with Gasteiger partial charge in [-0.3, -0.25) is 0 Å². The minimum Gasteiger partial charge on any atom is -0.357 e. The lowest BCUT2D eigenvalue weighted by Gasteiger charge is -2.16. The molecule has 0 fully saturated rings. The number of aliphatic imine (C=N–C) groups is 1. The summed E-state index contributed by atoms with van der Waals surface area (Å²) in [7, 11) is 8.16. The van der Waals surface area contributed by atoms with Crippen LogP contribution < -0.4 is 24.4 Å². The molecule has 0 amide bonds. The van der Waals surface area contributed by atoms with Gasteiger partial charge in [0.25, 0.3) is 0 Å². The molecule has 3 aliphatic heterocycles. The number of pyridine rings is 3. The first-order chi connectivity index (χ1) is 25.4. The maximum absolute atomic E-state index is 5.40. The first-order valence-corrected chi connectivity index (χ1v) is 17.4. The first kappa shape index (κ1) is 31.2. The van der Waals surface area contributed by atoms with E-state index in [9.17, 15) is 0 Å². The molecule has 0 spiro atoms. The van der Waals surface area contributed by atoms with Crippen LogP contribution in [0.1, 0.15) is 39.5 Å². The van der Waals surface area contributed by atoms with E-state index in [4.69, 9.17) is 4.99 Å². The lowest BCUT2D eigenvalue weighted by Crippen LogP contribution is -2.27. The number of hydrogen-bond donors (Lipinski definition) is 3. The largest absolute Gasteiger partial charge is 0.357 e. The summed E-state index contributed by atoms with van der Waals surface area (Å²) in [5, 5.41) is 2.00. The second-order valence-electron chi connectivity index (χ2n) is 13.6. The highest BCUT2D eigenvalue weighted by Crippen LogP contribution is 2.35. The molecular weight excluding hydrogens is 641 g/mol. The minimum atomic E-state index is 0.898. The Kier molecular flexibility index (Phi) is 7.51. The third kappa shape index (κ3) is 5.60. The minimum absolute atomic E-state index is 0.898. The zero-order chi connectivity index (χ0) is 35.3. The van der Waals surface area contributed by atoms with Crippen LogP contribution in [0.5, 0.6) is 0 Å². The van der Waals surface area contributed by atoms with E-state index in [1.807, 2.05) is 28.2 Å². The fourth-order valence-electron chi connectivity index (χ4n) is 7.17. The maximum atomic E-state index is 5.40. The number of allylic oxidation sites excluding steroid dienone is 5. The quantitative estimate of drug-likeness (QED) is 0.242. The fraction of sp³-hybridized carbons (Fsp3) is 0.0909. The summed E-state index contributed by atoms with van der Waals surface area (Å²) < 4.78 is 6.17. The summed E-state index contributed by atoms with van der Waals surface area (Å²) in [5.74, 6) is 0. The molecule has 3 N–H and O–H groups in total. The van der Waals surface area contributed by atoms with E-state index in [0.29, 0.717) is 0 Å². The molecule has 3 aliphatic rings. The molecule has 6 aromatic heterocycles. The van der Waals surface area contributed by atoms with Crippen molar-refractivity contribution < 1.29 is 13.7 Å². The van der Waals surface area contributed by atoms with Gasteiger partial charge < -0.3 is 19.9 Å². The topological polar surface area (TPSA) is 74.6 Å². The highest BCUT2D eigenvalue weighted by molar-refractivity contribution is 6.30. The van der Waals surface area contributed by atoms with Crippen molar-refractivity contribution in [2.75, 3.05) is 7.05 Å². The Bertz CT molecular complexity index is 2670. The van der Waals surface area contributed by atoms with E-state index in [-0.39, 0.29) is 0 Å². The van der Waals surface area contributed by atoms with Crippen molar-refractivity contribution >= 4 is 28.0 Å². The lowest BCUT2D eigenvalue weighted by atomic mass is 10.0. The number of aryl methyl sites for hydroxylation is 3. The second-order valence-corrected chi connectivity index (χ2v) is 13.6. The van der Waals surface area contributed by atoms with Crippen molar-refractivity contribution in [3.63, 3.8) is 0 Å². The SMILES string of the molecule is CN1C=CC(=C2c3ccc([nH]3)/C(c3cc[n+](C)cc3)=C3/C=CC(=N3)/C(c3cc[n+](C)cc3)=c3/cc/c([nH]3)=C(\c3cc[n+](C)cc3)c3ccc2[nH]3)C=C1. The van der Waals surface area contributed by atoms with Gasteiger partial charge in [0.15, 0.2) is 37.2 Å². The zero-order valence-corrected chi connectivity index (χ0v) is 29.6. The number of aromatic amines is 3. The number of H-pyrrole nitrogens is 3. The molecule has 0 aliphatic carbocycles. The van der Waals surface area contributed by atoms with Crippen LogP contribution in [0.15, 0.2) is 163 Å². The second kappa shape index (κ2) is 12.5. The van der Waals surface area contributed by atoms with Crippen molar-refractivity contribution in [1.82, 2.24) is 19.9 Å². The molecule has 0 unspecified atom stereocenters. The van der Waals surface area contributed by atoms with Gasteiger partial charge >= 0.3 is 0 Å². The molecule has 8 bridgehead atoms. The Morgan fingerprint density at radius 2 is 0.904 bits per heavy atom. The van der Waals surface area contributed by atoms with Crippen LogP contribution in [0.2, 0.25) is 0 Å². The molecule has 0 saturated heterocycles. The van der Waals surface area contributed by atoms with E-state index in [0.717, 1.165) is 89.4 Å². The molecule has 0 saturated carbocycles. The van der Waals surface area contributed by atoms with E-state index in [1.54, 1.807) is 0 Å². The van der Waals surface area contributed by atoms with Crippen LogP contribution in [0.3, 0.4) is 0 Å². The van der Waals surface area contributed by atoms with Gasteiger partial charge in [-0.05, 0) is 83.0 Å². The van der Waals surface area contributed by atoms with E-state index in [2.05, 4.69) is 180 Å². The van der Waals surface area contributed by atoms with Crippen LogP contribution in [0.4, 0.5) is 0 Å². The molecule has 8 heteroatoms. The van der Waals surface area contributed by atoms with Gasteiger partial charge in [-0.15, -0.1) is 0 Å². The van der Waals surface area contributed by atoms with Gasteiger partial charge in [0, 0.05) is 112 Å². The van der Waals surface area contributed by atoms with Crippen molar-refractivity contribution in [2.24, 2.45) is 26.1 Å². The molecule has 252 valence electrons. The Morgan fingerprint density at radius 3 is 1.44 bits per heavy atom. The maximum Gasteiger partial charge on any atom is 0.169 e. The van der Waals surface area contributed by atoms with Gasteiger partial charge in [0.1, 0.15) is 21.1 Å². The number of fused-ring (bicyclic) bond motifs is 7. The summed E-state index contributed by atoms with van der Waals surface area (Å²) in [5.41, 5.74) is 14.4. The monoisotopic (exact) mass is 679 g/mol. The van der Waals surface area contributed by atoms with Crippen molar-refractivity contribution in [1.29, 1.82) is 0 Å². The molecule has 0 aromatic carbocycles. The molecule has 8 nitrogen and oxygen atoms in total. The third-order valence-electron chi connectivity index (χ3n) is 9.89. The van der Waals surface area contributed by atoms with Crippen LogP contribution in [0.25, 0.3) is 22.3 Å². The van der Waals surface area contributed by atoms with E-state index in [1.165, 1.54) is 0 Å². The normalized spacial score (nSPS) is 18.8. The number of nitrogens with one attached hydrogen (secondary N) is 3. The summed E-state index contributed by atoms with van der Waals surface area (Å²) >= 11 is 0. The van der Waals surface area contributed by atoms with Crippen LogP contribution in [0, 0.1) is 0 Å². The highest BCUT2D eigenvalue weighted by atomic mass is 15.0. The molecule has 0 atom stereocenters. The number of hydrogen-bond acceptors (Lipinski definition) is 2. The highest BCUT2D eigenvalue weighted by Gasteiger charge is 2.23. The van der Waals surface area contributed by atoms with Crippen LogP contribution >= 0.6 is 0 Å². The smallest absolute Gasteiger partial charge is 0.169 e. The fourth-order valence-corrected chi connectivity index (χ4v) is 7.17. The summed E-state index contributed by atoms with van der Waals surface area (Å²) in [6.45, 7) is 0. The van der Waals surface area contributed by atoms with Gasteiger partial charge in [-0.2, -0.15) is 0 Å². The molecule has 52 heavy (non-hydrogen) atoms. The third-order valence-corrected chi connectivity index (χ3v) is 9.89. The van der Waals surface area contributed by atoms with Crippen LogP contribution in [-0.2, 0) is 21.1 Å². The van der Waals surface area contributed by atoms with Gasteiger partial charge in [0.05, 0.1) is 11.4 Å². The lowest BCUT2D eigenvalue weighted by molar-refractivity contribution is -0.671. The van der Waals surface area contributed by atoms with Crippen LogP contribution in [-0.4, -0.2) is 32.6 Å². The standard InChI is InChI=1S/C44H38N8/c1-49-21-13-29(14-22-49)41-33-5-7-35(45-33)42(30-15-23-50(2)24-16-30)37-9-11-39(47-37)44(32-19-27-52(4)28-20-32)40-12-10-38(48-40)43(36-8-6-34(41)46-36)31-17-25-51(3)26-18-31/h5-28H,1-4H3,(H2,45,46,47,48)/q+2/p+1/b41-33-,41-34?,42-35-,42-37?,43-36-,43-38?,44-39?,44-40?. The Hall–Kier alpha value is -6.80. The zero-order valence-electron chi connectivity index (χ0n) is 29.6. The predicted molar refractivity (Wildman–Crippen MR) is 203 cm³/mol. The molecular formula is C44H39N8+3. The number of aromatic nitrogens is 6. The van der Waals surface area contributed by atoms with Gasteiger partial charge in [0.2, 0.25) is 0 Å². The predicted octanol–water partition coefficient (Wildman–Crippen LogP) is 4.15. The Morgan fingerprint density at radius 1 is 0.462 bits per heavy atom. The summed E-state index contributed by atoms with van der Waals surface area (Å²) in [6.07, 6.45) is 25.3. The molecule has 9 rings (SSSR count). The molecule has 9 heterocycles. The van der Waals surface area contributed by atoms with Gasteiger partial charge in [-0.1, -0.05) is 0 Å². The number of rotatable bonds is 3. The van der Waals surface area contributed by atoms with E-state index < -0.39 is 0 Å².